The highest BCUT2D eigenvalue weighted by atomic mass is 35.5. The number of hydrogen-bond acceptors (Lipinski definition) is 1. The van der Waals surface area contributed by atoms with Crippen molar-refractivity contribution in [3.05, 3.63) is 34.9 Å². The van der Waals surface area contributed by atoms with Crippen LogP contribution in [0.2, 0.25) is 5.02 Å². The molecule has 1 aromatic rings. The van der Waals surface area contributed by atoms with E-state index in [4.69, 9.17) is 18.0 Å². The van der Waals surface area contributed by atoms with Crippen LogP contribution >= 0.6 is 11.6 Å². The predicted octanol–water partition coefficient (Wildman–Crippen LogP) is 2.48. The zero-order valence-electron chi connectivity index (χ0n) is 8.29. The van der Waals surface area contributed by atoms with Crippen LogP contribution in [-0.2, 0) is 0 Å². The number of benzene rings is 1. The van der Waals surface area contributed by atoms with Crippen LogP contribution < -0.4 is 5.32 Å². The maximum Gasteiger partial charge on any atom is 0.251 e. The molecule has 1 amide bonds. The number of nitrogens with one attached hydrogen (secondary N) is 1. The second-order valence-corrected chi connectivity index (χ2v) is 3.51. The van der Waals surface area contributed by atoms with E-state index in [0.29, 0.717) is 23.6 Å². The van der Waals surface area contributed by atoms with E-state index in [0.717, 1.165) is 6.42 Å². The average molecular weight is 222 g/mol. The molecule has 15 heavy (non-hydrogen) atoms. The van der Waals surface area contributed by atoms with Gasteiger partial charge in [-0.25, -0.2) is 0 Å². The van der Waals surface area contributed by atoms with Gasteiger partial charge in [-0.3, -0.25) is 4.79 Å². The predicted molar refractivity (Wildman–Crippen MR) is 61.9 cm³/mol. The van der Waals surface area contributed by atoms with Gasteiger partial charge in [0, 0.05) is 23.6 Å². The molecule has 3 heteroatoms. The minimum atomic E-state index is -0.0938. The third kappa shape index (κ3) is 4.05. The molecule has 1 rings (SSSR count). The van der Waals surface area contributed by atoms with E-state index in [-0.39, 0.29) is 5.91 Å². The van der Waals surface area contributed by atoms with Crippen LogP contribution in [0.15, 0.2) is 24.3 Å². The first-order valence-electron chi connectivity index (χ1n) is 4.71. The number of amides is 1. The monoisotopic (exact) mass is 221 g/mol. The van der Waals surface area contributed by atoms with Crippen LogP contribution in [-0.4, -0.2) is 12.5 Å². The highest BCUT2D eigenvalue weighted by Gasteiger charge is 2.03. The Hall–Kier alpha value is -1.46. The number of carbonyl (C=O) groups excluding carboxylic acids is 1. The third-order valence-electron chi connectivity index (χ3n) is 1.89. The third-order valence-corrected chi connectivity index (χ3v) is 2.14. The average Bonchev–Trinajstić information content (AvgIpc) is 2.25. The molecule has 0 spiro atoms. The number of halogens is 1. The zero-order chi connectivity index (χ0) is 11.1. The second-order valence-electron chi connectivity index (χ2n) is 3.07. The summed E-state index contributed by atoms with van der Waals surface area (Å²) in [6.07, 6.45) is 6.58. The van der Waals surface area contributed by atoms with Gasteiger partial charge in [-0.05, 0) is 30.7 Å². The second kappa shape index (κ2) is 6.10. The van der Waals surface area contributed by atoms with E-state index < -0.39 is 0 Å². The molecule has 0 bridgehead atoms. The summed E-state index contributed by atoms with van der Waals surface area (Å²) in [7, 11) is 0. The van der Waals surface area contributed by atoms with Gasteiger partial charge in [-0.1, -0.05) is 11.6 Å². The molecule has 0 fully saturated rings. The van der Waals surface area contributed by atoms with E-state index in [1.54, 1.807) is 24.3 Å². The molecule has 0 unspecified atom stereocenters. The standard InChI is InChI=1S/C12H12ClNO/c1-2-3-4-9-14-12(15)10-5-7-11(13)8-6-10/h1,5-8H,3-4,9H2,(H,14,15). The van der Waals surface area contributed by atoms with Crippen molar-refractivity contribution in [3.8, 4) is 12.3 Å². The molecule has 2 nitrogen and oxygen atoms in total. The molecule has 0 aromatic heterocycles. The zero-order valence-corrected chi connectivity index (χ0v) is 9.05. The fourth-order valence-electron chi connectivity index (χ4n) is 1.10. The van der Waals surface area contributed by atoms with Crippen LogP contribution in [0.3, 0.4) is 0 Å². The van der Waals surface area contributed by atoms with Crippen molar-refractivity contribution in [1.29, 1.82) is 0 Å². The molecule has 1 N–H and O–H groups in total. The van der Waals surface area contributed by atoms with Gasteiger partial charge < -0.3 is 5.32 Å². The van der Waals surface area contributed by atoms with Crippen molar-refractivity contribution in [2.24, 2.45) is 0 Å². The number of carbonyl (C=O) groups is 1. The van der Waals surface area contributed by atoms with Crippen LogP contribution in [0.25, 0.3) is 0 Å². The summed E-state index contributed by atoms with van der Waals surface area (Å²) >= 11 is 5.71. The summed E-state index contributed by atoms with van der Waals surface area (Å²) in [5, 5.41) is 3.40. The summed E-state index contributed by atoms with van der Waals surface area (Å²) in [4.78, 5) is 11.5. The fourth-order valence-corrected chi connectivity index (χ4v) is 1.22. The smallest absolute Gasteiger partial charge is 0.251 e. The van der Waals surface area contributed by atoms with Crippen LogP contribution in [0.4, 0.5) is 0 Å². The van der Waals surface area contributed by atoms with Gasteiger partial charge in [0.1, 0.15) is 0 Å². The molecule has 0 aliphatic heterocycles. The number of hydrogen-bond donors (Lipinski definition) is 1. The first-order valence-corrected chi connectivity index (χ1v) is 5.09. The Balaban J connectivity index is 2.41. The van der Waals surface area contributed by atoms with Crippen molar-refractivity contribution in [2.45, 2.75) is 12.8 Å². The molecular weight excluding hydrogens is 210 g/mol. The molecule has 0 radical (unpaired) electrons. The summed E-state index contributed by atoms with van der Waals surface area (Å²) < 4.78 is 0. The van der Waals surface area contributed by atoms with Gasteiger partial charge in [0.05, 0.1) is 0 Å². The van der Waals surface area contributed by atoms with Crippen molar-refractivity contribution >= 4 is 17.5 Å². The Morgan fingerprint density at radius 2 is 2.07 bits per heavy atom. The Bertz CT molecular complexity index is 364. The molecule has 0 atom stereocenters. The van der Waals surface area contributed by atoms with Crippen molar-refractivity contribution in [3.63, 3.8) is 0 Å². The lowest BCUT2D eigenvalue weighted by Crippen LogP contribution is -2.24. The lowest BCUT2D eigenvalue weighted by molar-refractivity contribution is 0.0953. The lowest BCUT2D eigenvalue weighted by Gasteiger charge is -2.03. The molecule has 0 heterocycles. The first kappa shape index (κ1) is 11.6. The van der Waals surface area contributed by atoms with E-state index in [1.165, 1.54) is 0 Å². The quantitative estimate of drug-likeness (QED) is 0.614. The van der Waals surface area contributed by atoms with Crippen molar-refractivity contribution in [2.75, 3.05) is 6.54 Å². The number of rotatable bonds is 4. The van der Waals surface area contributed by atoms with Crippen LogP contribution in [0.5, 0.6) is 0 Å². The van der Waals surface area contributed by atoms with E-state index >= 15 is 0 Å². The maximum atomic E-state index is 11.5. The molecule has 0 saturated carbocycles. The Kier molecular flexibility index (Phi) is 4.73. The molecule has 0 aliphatic rings. The highest BCUT2D eigenvalue weighted by Crippen LogP contribution is 2.09. The van der Waals surface area contributed by atoms with Gasteiger partial charge in [0.15, 0.2) is 0 Å². The molecule has 0 saturated heterocycles. The summed E-state index contributed by atoms with van der Waals surface area (Å²) in [6, 6.07) is 6.77. The molecule has 0 aliphatic carbocycles. The normalized spacial score (nSPS) is 9.33. The Labute approximate surface area is 94.6 Å². The van der Waals surface area contributed by atoms with Gasteiger partial charge in [-0.15, -0.1) is 12.3 Å². The molecular formula is C12H12ClNO. The van der Waals surface area contributed by atoms with Crippen molar-refractivity contribution in [1.82, 2.24) is 5.32 Å². The summed E-state index contributed by atoms with van der Waals surface area (Å²) in [6.45, 7) is 0.603. The topological polar surface area (TPSA) is 29.1 Å². The maximum absolute atomic E-state index is 11.5. The Morgan fingerprint density at radius 3 is 2.67 bits per heavy atom. The SMILES string of the molecule is C#CCCCNC(=O)c1ccc(Cl)cc1. The number of unbranched alkanes of at least 4 members (excludes halogenated alkanes) is 1. The van der Waals surface area contributed by atoms with Crippen molar-refractivity contribution < 1.29 is 4.79 Å². The highest BCUT2D eigenvalue weighted by molar-refractivity contribution is 6.30. The molecule has 1 aromatic carbocycles. The first-order chi connectivity index (χ1) is 7.24. The van der Waals surface area contributed by atoms with Crippen LogP contribution in [0.1, 0.15) is 23.2 Å². The van der Waals surface area contributed by atoms with Gasteiger partial charge in [-0.2, -0.15) is 0 Å². The summed E-state index contributed by atoms with van der Waals surface area (Å²) in [5.74, 6) is 2.43. The Morgan fingerprint density at radius 1 is 1.40 bits per heavy atom. The molecule has 78 valence electrons. The van der Waals surface area contributed by atoms with Crippen LogP contribution in [0, 0.1) is 12.3 Å². The van der Waals surface area contributed by atoms with E-state index in [2.05, 4.69) is 11.2 Å². The van der Waals surface area contributed by atoms with Gasteiger partial charge >= 0.3 is 0 Å². The van der Waals surface area contributed by atoms with E-state index in [9.17, 15) is 4.79 Å². The largest absolute Gasteiger partial charge is 0.352 e. The lowest BCUT2D eigenvalue weighted by atomic mass is 10.2. The minimum Gasteiger partial charge on any atom is -0.352 e. The summed E-state index contributed by atoms with van der Waals surface area (Å²) in [5.41, 5.74) is 0.611. The van der Waals surface area contributed by atoms with Gasteiger partial charge in [0.2, 0.25) is 0 Å². The van der Waals surface area contributed by atoms with Gasteiger partial charge in [0.25, 0.3) is 5.91 Å². The fraction of sp³-hybridized carbons (Fsp3) is 0.250. The minimum absolute atomic E-state index is 0.0938. The van der Waals surface area contributed by atoms with E-state index in [1.807, 2.05) is 0 Å². The number of terminal acetylenes is 1.